The van der Waals surface area contributed by atoms with Gasteiger partial charge in [0, 0.05) is 10.1 Å². The van der Waals surface area contributed by atoms with Gasteiger partial charge in [0.25, 0.3) is 0 Å². The fourth-order valence-electron chi connectivity index (χ4n) is 2.69. The molecule has 0 bridgehead atoms. The average molecular weight is 260 g/mol. The summed E-state index contributed by atoms with van der Waals surface area (Å²) in [5.41, 5.74) is 2.65. The van der Waals surface area contributed by atoms with Gasteiger partial charge < -0.3 is 0 Å². The van der Waals surface area contributed by atoms with Gasteiger partial charge >= 0.3 is 0 Å². The summed E-state index contributed by atoms with van der Waals surface area (Å²) in [7, 11) is 0. The quantitative estimate of drug-likeness (QED) is 0.410. The molecule has 0 unspecified atom stereocenters. The summed E-state index contributed by atoms with van der Waals surface area (Å²) >= 11 is 1.80. The average Bonchev–Trinajstić information content (AvgIpc) is 2.95. The summed E-state index contributed by atoms with van der Waals surface area (Å²) in [5, 5.41) is 6.14. The predicted octanol–water partition coefficient (Wildman–Crippen LogP) is 5.72. The molecule has 0 amide bonds. The maximum Gasteiger partial charge on any atom is 0.0348 e. The standard InChI is InChI=1S/C18H12S/c1-2-7-14-13(5-1)6-3-8-15(14)16-9-4-10-18-17(16)11-12-19-18/h1-12H. The van der Waals surface area contributed by atoms with Gasteiger partial charge in [0.1, 0.15) is 0 Å². The van der Waals surface area contributed by atoms with Crippen LogP contribution in [0.2, 0.25) is 0 Å². The molecule has 0 saturated carbocycles. The molecular weight excluding hydrogens is 248 g/mol. The zero-order valence-electron chi connectivity index (χ0n) is 10.3. The second kappa shape index (κ2) is 4.22. The number of fused-ring (bicyclic) bond motifs is 2. The molecule has 0 N–H and O–H groups in total. The molecule has 0 fully saturated rings. The van der Waals surface area contributed by atoms with Crippen LogP contribution in [0.5, 0.6) is 0 Å². The van der Waals surface area contributed by atoms with Gasteiger partial charge in [-0.05, 0) is 39.4 Å². The Bertz CT molecular complexity index is 866. The molecular formula is C18H12S. The van der Waals surface area contributed by atoms with Gasteiger partial charge in [-0.1, -0.05) is 54.6 Å². The van der Waals surface area contributed by atoms with E-state index in [-0.39, 0.29) is 0 Å². The molecule has 1 heteroatoms. The highest BCUT2D eigenvalue weighted by Gasteiger charge is 2.07. The van der Waals surface area contributed by atoms with Crippen molar-refractivity contribution in [3.8, 4) is 11.1 Å². The molecule has 4 rings (SSSR count). The number of hydrogen-bond acceptors (Lipinski definition) is 1. The second-order valence-corrected chi connectivity index (χ2v) is 5.61. The van der Waals surface area contributed by atoms with Gasteiger partial charge in [0.15, 0.2) is 0 Å². The summed E-state index contributed by atoms with van der Waals surface area (Å²) in [6, 6.07) is 23.9. The monoisotopic (exact) mass is 260 g/mol. The van der Waals surface area contributed by atoms with E-state index in [1.54, 1.807) is 11.3 Å². The molecule has 0 atom stereocenters. The number of hydrogen-bond donors (Lipinski definition) is 0. The van der Waals surface area contributed by atoms with Crippen molar-refractivity contribution >= 4 is 32.2 Å². The van der Waals surface area contributed by atoms with Crippen LogP contribution in [0, 0.1) is 0 Å². The van der Waals surface area contributed by atoms with Gasteiger partial charge in [-0.15, -0.1) is 11.3 Å². The van der Waals surface area contributed by atoms with Gasteiger partial charge in [0.2, 0.25) is 0 Å². The molecule has 0 radical (unpaired) electrons. The fraction of sp³-hybridized carbons (Fsp3) is 0. The number of benzene rings is 3. The van der Waals surface area contributed by atoms with E-state index in [0.717, 1.165) is 0 Å². The largest absolute Gasteiger partial charge is 0.144 e. The summed E-state index contributed by atoms with van der Waals surface area (Å²) in [6.07, 6.45) is 0. The molecule has 0 saturated heterocycles. The van der Waals surface area contributed by atoms with Crippen LogP contribution in [0.4, 0.5) is 0 Å². The Morgan fingerprint density at radius 1 is 0.579 bits per heavy atom. The van der Waals surface area contributed by atoms with Crippen LogP contribution in [0.25, 0.3) is 32.0 Å². The highest BCUT2D eigenvalue weighted by molar-refractivity contribution is 7.17. The summed E-state index contributed by atoms with van der Waals surface area (Å²) in [4.78, 5) is 0. The lowest BCUT2D eigenvalue weighted by Crippen LogP contribution is -1.81. The van der Waals surface area contributed by atoms with Crippen molar-refractivity contribution in [1.29, 1.82) is 0 Å². The highest BCUT2D eigenvalue weighted by atomic mass is 32.1. The van der Waals surface area contributed by atoms with Crippen LogP contribution >= 0.6 is 11.3 Å². The van der Waals surface area contributed by atoms with E-state index in [9.17, 15) is 0 Å². The molecule has 19 heavy (non-hydrogen) atoms. The van der Waals surface area contributed by atoms with Crippen LogP contribution in [0.15, 0.2) is 72.1 Å². The minimum atomic E-state index is 1.30. The smallest absolute Gasteiger partial charge is 0.0348 e. The summed E-state index contributed by atoms with van der Waals surface area (Å²) < 4.78 is 1.35. The zero-order valence-corrected chi connectivity index (χ0v) is 11.2. The lowest BCUT2D eigenvalue weighted by molar-refractivity contribution is 1.71. The first kappa shape index (κ1) is 10.8. The van der Waals surface area contributed by atoms with Gasteiger partial charge in [-0.25, -0.2) is 0 Å². The van der Waals surface area contributed by atoms with Crippen molar-refractivity contribution in [3.05, 3.63) is 72.1 Å². The Morgan fingerprint density at radius 3 is 2.26 bits per heavy atom. The van der Waals surface area contributed by atoms with Crippen molar-refractivity contribution in [1.82, 2.24) is 0 Å². The second-order valence-electron chi connectivity index (χ2n) is 4.66. The van der Waals surface area contributed by atoms with E-state index in [2.05, 4.69) is 72.1 Å². The van der Waals surface area contributed by atoms with Crippen molar-refractivity contribution in [2.45, 2.75) is 0 Å². The summed E-state index contributed by atoms with van der Waals surface area (Å²) in [5.74, 6) is 0. The van der Waals surface area contributed by atoms with Gasteiger partial charge in [-0.3, -0.25) is 0 Å². The third kappa shape index (κ3) is 1.66. The molecule has 1 aromatic heterocycles. The highest BCUT2D eigenvalue weighted by Crippen LogP contribution is 2.35. The molecule has 3 aromatic carbocycles. The van der Waals surface area contributed by atoms with Gasteiger partial charge in [0.05, 0.1) is 0 Å². The van der Waals surface area contributed by atoms with E-state index in [4.69, 9.17) is 0 Å². The molecule has 0 aliphatic heterocycles. The lowest BCUT2D eigenvalue weighted by atomic mass is 9.96. The van der Waals surface area contributed by atoms with E-state index >= 15 is 0 Å². The lowest BCUT2D eigenvalue weighted by Gasteiger charge is -2.08. The van der Waals surface area contributed by atoms with E-state index < -0.39 is 0 Å². The maximum absolute atomic E-state index is 2.22. The Balaban J connectivity index is 2.12. The van der Waals surface area contributed by atoms with Crippen LogP contribution in [0.1, 0.15) is 0 Å². The minimum absolute atomic E-state index is 1.30. The van der Waals surface area contributed by atoms with Crippen LogP contribution in [0.3, 0.4) is 0 Å². The normalized spacial score (nSPS) is 11.2. The van der Waals surface area contributed by atoms with Crippen molar-refractivity contribution < 1.29 is 0 Å². The number of rotatable bonds is 1. The van der Waals surface area contributed by atoms with Gasteiger partial charge in [-0.2, -0.15) is 0 Å². The first-order valence-corrected chi connectivity index (χ1v) is 7.26. The van der Waals surface area contributed by atoms with Crippen molar-refractivity contribution in [3.63, 3.8) is 0 Å². The predicted molar refractivity (Wildman–Crippen MR) is 84.8 cm³/mol. The van der Waals surface area contributed by atoms with Crippen LogP contribution in [-0.2, 0) is 0 Å². The topological polar surface area (TPSA) is 0 Å². The Labute approximate surface area is 115 Å². The minimum Gasteiger partial charge on any atom is -0.144 e. The van der Waals surface area contributed by atoms with E-state index in [1.807, 2.05) is 0 Å². The molecule has 4 aromatic rings. The Kier molecular flexibility index (Phi) is 2.39. The van der Waals surface area contributed by atoms with E-state index in [1.165, 1.54) is 32.0 Å². The van der Waals surface area contributed by atoms with Crippen LogP contribution < -0.4 is 0 Å². The SMILES string of the molecule is c1ccc2c(-c3cccc4sccc34)cccc2c1. The molecule has 0 nitrogen and oxygen atoms in total. The molecule has 1 heterocycles. The molecule has 0 spiro atoms. The van der Waals surface area contributed by atoms with Crippen molar-refractivity contribution in [2.75, 3.05) is 0 Å². The third-order valence-corrected chi connectivity index (χ3v) is 4.46. The Hall–Kier alpha value is -2.12. The van der Waals surface area contributed by atoms with Crippen molar-refractivity contribution in [2.24, 2.45) is 0 Å². The first-order chi connectivity index (χ1) is 9.43. The maximum atomic E-state index is 2.22. The molecule has 0 aliphatic rings. The zero-order chi connectivity index (χ0) is 12.7. The fourth-order valence-corrected chi connectivity index (χ4v) is 3.50. The summed E-state index contributed by atoms with van der Waals surface area (Å²) in [6.45, 7) is 0. The molecule has 90 valence electrons. The van der Waals surface area contributed by atoms with E-state index in [0.29, 0.717) is 0 Å². The Morgan fingerprint density at radius 2 is 1.32 bits per heavy atom. The third-order valence-electron chi connectivity index (χ3n) is 3.58. The van der Waals surface area contributed by atoms with Crippen LogP contribution in [-0.4, -0.2) is 0 Å². The molecule has 0 aliphatic carbocycles. The first-order valence-electron chi connectivity index (χ1n) is 6.38. The number of thiophene rings is 1.